The van der Waals surface area contributed by atoms with E-state index in [9.17, 15) is 9.59 Å². The van der Waals surface area contributed by atoms with E-state index >= 15 is 0 Å². The zero-order valence-corrected chi connectivity index (χ0v) is 15.1. The van der Waals surface area contributed by atoms with Crippen LogP contribution in [0.4, 0.5) is 0 Å². The summed E-state index contributed by atoms with van der Waals surface area (Å²) in [5.74, 6) is 0.301. The van der Waals surface area contributed by atoms with Crippen molar-refractivity contribution in [1.82, 2.24) is 0 Å². The standard InChI is InChI=1S/C21H19NO5/c1-3-12-25-17-10-6-16(7-11-17)20-19(21(24)27-22-20)13-15-4-8-18(9-5-15)26-14(2)23/h4-11,13H,3,12H2,1-2H3. The highest BCUT2D eigenvalue weighted by Crippen LogP contribution is 2.23. The van der Waals surface area contributed by atoms with Gasteiger partial charge in [-0.1, -0.05) is 24.2 Å². The van der Waals surface area contributed by atoms with Gasteiger partial charge in [0.1, 0.15) is 17.2 Å². The molecule has 0 unspecified atom stereocenters. The number of ether oxygens (including phenoxy) is 2. The Bertz CT molecular complexity index is 895. The molecule has 138 valence electrons. The second-order valence-electron chi connectivity index (χ2n) is 5.91. The molecule has 3 rings (SSSR count). The van der Waals surface area contributed by atoms with E-state index in [1.54, 1.807) is 30.3 Å². The minimum absolute atomic E-state index is 0.359. The highest BCUT2D eigenvalue weighted by Gasteiger charge is 2.26. The fourth-order valence-electron chi connectivity index (χ4n) is 2.51. The van der Waals surface area contributed by atoms with Gasteiger partial charge in [-0.25, -0.2) is 4.79 Å². The van der Waals surface area contributed by atoms with E-state index in [1.165, 1.54) is 6.92 Å². The van der Waals surface area contributed by atoms with Crippen LogP contribution in [0.2, 0.25) is 0 Å². The summed E-state index contributed by atoms with van der Waals surface area (Å²) in [5, 5.41) is 3.90. The minimum atomic E-state index is -0.514. The topological polar surface area (TPSA) is 74.2 Å². The van der Waals surface area contributed by atoms with Crippen molar-refractivity contribution in [3.8, 4) is 11.5 Å². The Morgan fingerprint density at radius 2 is 1.74 bits per heavy atom. The monoisotopic (exact) mass is 365 g/mol. The van der Waals surface area contributed by atoms with Crippen LogP contribution in [0, 0.1) is 0 Å². The molecule has 0 atom stereocenters. The number of benzene rings is 2. The van der Waals surface area contributed by atoms with Crippen LogP contribution in [0.15, 0.2) is 59.3 Å². The van der Waals surface area contributed by atoms with Gasteiger partial charge in [-0.05, 0) is 54.5 Å². The third-order valence-corrected chi connectivity index (χ3v) is 3.75. The van der Waals surface area contributed by atoms with Gasteiger partial charge in [0.05, 0.1) is 12.2 Å². The SMILES string of the molecule is CCCOc1ccc(C2=NOC(=O)C2=Cc2ccc(OC(C)=O)cc2)cc1. The third-order valence-electron chi connectivity index (χ3n) is 3.75. The lowest BCUT2D eigenvalue weighted by molar-refractivity contribution is -0.136. The first-order chi connectivity index (χ1) is 13.1. The van der Waals surface area contributed by atoms with Crippen molar-refractivity contribution < 1.29 is 23.9 Å². The van der Waals surface area contributed by atoms with Crippen LogP contribution in [0.1, 0.15) is 31.4 Å². The number of carbonyl (C=O) groups excluding carboxylic acids is 2. The van der Waals surface area contributed by atoms with E-state index in [-0.39, 0.29) is 5.97 Å². The number of esters is 1. The number of hydrogen-bond acceptors (Lipinski definition) is 6. The minimum Gasteiger partial charge on any atom is -0.494 e. The molecule has 0 aromatic heterocycles. The van der Waals surface area contributed by atoms with Gasteiger partial charge >= 0.3 is 11.9 Å². The summed E-state index contributed by atoms with van der Waals surface area (Å²) < 4.78 is 10.6. The first kappa shape index (κ1) is 18.4. The molecule has 2 aromatic carbocycles. The summed E-state index contributed by atoms with van der Waals surface area (Å²) in [6, 6.07) is 14.2. The predicted octanol–water partition coefficient (Wildman–Crippen LogP) is 3.75. The summed E-state index contributed by atoms with van der Waals surface area (Å²) >= 11 is 0. The molecule has 0 N–H and O–H groups in total. The van der Waals surface area contributed by atoms with E-state index in [0.717, 1.165) is 23.3 Å². The maximum absolute atomic E-state index is 12.1. The molecule has 1 aliphatic rings. The van der Waals surface area contributed by atoms with Crippen LogP contribution in [-0.4, -0.2) is 24.3 Å². The summed E-state index contributed by atoms with van der Waals surface area (Å²) in [6.45, 7) is 4.03. The van der Waals surface area contributed by atoms with E-state index < -0.39 is 5.97 Å². The summed E-state index contributed by atoms with van der Waals surface area (Å²) in [7, 11) is 0. The Morgan fingerprint density at radius 3 is 2.37 bits per heavy atom. The van der Waals surface area contributed by atoms with Crippen LogP contribution < -0.4 is 9.47 Å². The molecule has 6 heteroatoms. The number of rotatable bonds is 6. The highest BCUT2D eigenvalue weighted by atomic mass is 16.7. The summed E-state index contributed by atoms with van der Waals surface area (Å²) in [6.07, 6.45) is 2.62. The Morgan fingerprint density at radius 1 is 1.07 bits per heavy atom. The van der Waals surface area contributed by atoms with Gasteiger partial charge in [0.15, 0.2) is 0 Å². The van der Waals surface area contributed by atoms with Gasteiger partial charge in [-0.2, -0.15) is 0 Å². The predicted molar refractivity (Wildman–Crippen MR) is 101 cm³/mol. The van der Waals surface area contributed by atoms with Gasteiger partial charge < -0.3 is 14.3 Å². The molecule has 27 heavy (non-hydrogen) atoms. The fourth-order valence-corrected chi connectivity index (χ4v) is 2.51. The van der Waals surface area contributed by atoms with Crippen molar-refractivity contribution in [2.24, 2.45) is 5.16 Å². The molecular formula is C21H19NO5. The van der Waals surface area contributed by atoms with Gasteiger partial charge in [0, 0.05) is 12.5 Å². The molecule has 0 aliphatic carbocycles. The summed E-state index contributed by atoms with van der Waals surface area (Å²) in [5.41, 5.74) is 2.34. The van der Waals surface area contributed by atoms with E-state index in [4.69, 9.17) is 14.3 Å². The molecule has 1 heterocycles. The van der Waals surface area contributed by atoms with Gasteiger partial charge in [-0.3, -0.25) is 4.79 Å². The first-order valence-corrected chi connectivity index (χ1v) is 8.60. The van der Waals surface area contributed by atoms with Crippen LogP contribution in [0.25, 0.3) is 6.08 Å². The first-order valence-electron chi connectivity index (χ1n) is 8.60. The Kier molecular flexibility index (Phi) is 5.66. The number of oxime groups is 1. The van der Waals surface area contributed by atoms with Crippen molar-refractivity contribution >= 4 is 23.7 Å². The lowest BCUT2D eigenvalue weighted by Gasteiger charge is -2.06. The average molecular weight is 365 g/mol. The number of nitrogens with zero attached hydrogens (tertiary/aromatic N) is 1. The zero-order valence-electron chi connectivity index (χ0n) is 15.1. The van der Waals surface area contributed by atoms with Crippen molar-refractivity contribution in [2.75, 3.05) is 6.61 Å². The third kappa shape index (κ3) is 4.61. The molecule has 0 fully saturated rings. The van der Waals surface area contributed by atoms with Crippen molar-refractivity contribution in [3.05, 3.63) is 65.2 Å². The molecular weight excluding hydrogens is 346 g/mol. The van der Waals surface area contributed by atoms with Crippen molar-refractivity contribution in [2.45, 2.75) is 20.3 Å². The van der Waals surface area contributed by atoms with Gasteiger partial charge in [0.2, 0.25) is 0 Å². The lowest BCUT2D eigenvalue weighted by Crippen LogP contribution is -2.07. The molecule has 0 amide bonds. The molecule has 0 saturated carbocycles. The molecule has 0 spiro atoms. The van der Waals surface area contributed by atoms with Gasteiger partial charge in [0.25, 0.3) is 0 Å². The van der Waals surface area contributed by atoms with Crippen LogP contribution >= 0.6 is 0 Å². The second-order valence-corrected chi connectivity index (χ2v) is 5.91. The normalized spacial score (nSPS) is 14.7. The Hall–Kier alpha value is -3.41. The van der Waals surface area contributed by atoms with Crippen molar-refractivity contribution in [3.63, 3.8) is 0 Å². The van der Waals surface area contributed by atoms with Crippen LogP contribution in [0.5, 0.6) is 11.5 Å². The van der Waals surface area contributed by atoms with E-state index in [0.29, 0.717) is 23.6 Å². The average Bonchev–Trinajstić information content (AvgIpc) is 3.02. The molecule has 0 bridgehead atoms. The molecule has 6 nitrogen and oxygen atoms in total. The largest absolute Gasteiger partial charge is 0.494 e. The highest BCUT2D eigenvalue weighted by molar-refractivity contribution is 6.31. The van der Waals surface area contributed by atoms with E-state index in [2.05, 4.69) is 5.16 Å². The lowest BCUT2D eigenvalue weighted by atomic mass is 10.0. The summed E-state index contributed by atoms with van der Waals surface area (Å²) in [4.78, 5) is 27.9. The number of hydrogen-bond donors (Lipinski definition) is 0. The van der Waals surface area contributed by atoms with E-state index in [1.807, 2.05) is 31.2 Å². The zero-order chi connectivity index (χ0) is 19.2. The molecule has 1 aliphatic heterocycles. The Labute approximate surface area is 157 Å². The van der Waals surface area contributed by atoms with Crippen LogP contribution in [0.3, 0.4) is 0 Å². The smallest absolute Gasteiger partial charge is 0.368 e. The molecule has 0 saturated heterocycles. The van der Waals surface area contributed by atoms with Gasteiger partial charge in [-0.15, -0.1) is 0 Å². The molecule has 2 aromatic rings. The molecule has 0 radical (unpaired) electrons. The maximum Gasteiger partial charge on any atom is 0.368 e. The Balaban J connectivity index is 1.81. The quantitative estimate of drug-likeness (QED) is 0.337. The van der Waals surface area contributed by atoms with Crippen LogP contribution in [-0.2, 0) is 14.4 Å². The van der Waals surface area contributed by atoms with Crippen molar-refractivity contribution in [1.29, 1.82) is 0 Å². The maximum atomic E-state index is 12.1. The fraction of sp³-hybridized carbons (Fsp3) is 0.190. The number of carbonyl (C=O) groups is 2. The second kappa shape index (κ2) is 8.31.